The molecule has 4 nitrogen and oxygen atoms in total. The van der Waals surface area contributed by atoms with E-state index in [4.69, 9.17) is 5.73 Å². The molecule has 1 aromatic carbocycles. The van der Waals surface area contributed by atoms with Crippen LogP contribution in [0, 0.1) is 0 Å². The lowest BCUT2D eigenvalue weighted by molar-refractivity contribution is 0.0963. The number of carbonyl (C=O) groups excluding carboxylic acids is 1. The SMILES string of the molecule is CCN(c1ccc(C(=O)NC)cc1N)C1CCCC1. The monoisotopic (exact) mass is 261 g/mol. The van der Waals surface area contributed by atoms with E-state index in [-0.39, 0.29) is 5.91 Å². The van der Waals surface area contributed by atoms with Crippen LogP contribution in [0.1, 0.15) is 43.0 Å². The van der Waals surface area contributed by atoms with Crippen molar-refractivity contribution in [3.63, 3.8) is 0 Å². The van der Waals surface area contributed by atoms with Crippen molar-refractivity contribution in [2.75, 3.05) is 24.2 Å². The van der Waals surface area contributed by atoms with E-state index in [0.29, 0.717) is 17.3 Å². The van der Waals surface area contributed by atoms with Crippen LogP contribution in [0.25, 0.3) is 0 Å². The molecule has 1 saturated carbocycles. The van der Waals surface area contributed by atoms with Crippen LogP contribution >= 0.6 is 0 Å². The Morgan fingerprint density at radius 1 is 1.42 bits per heavy atom. The molecule has 0 radical (unpaired) electrons. The van der Waals surface area contributed by atoms with E-state index in [1.807, 2.05) is 12.1 Å². The molecule has 0 bridgehead atoms. The summed E-state index contributed by atoms with van der Waals surface area (Å²) in [5.41, 5.74) is 8.50. The first-order valence-electron chi connectivity index (χ1n) is 7.05. The van der Waals surface area contributed by atoms with Crippen LogP contribution in [0.5, 0.6) is 0 Å². The fourth-order valence-electron chi connectivity index (χ4n) is 2.94. The molecule has 0 atom stereocenters. The molecule has 0 spiro atoms. The Hall–Kier alpha value is -1.71. The Morgan fingerprint density at radius 2 is 2.11 bits per heavy atom. The number of benzene rings is 1. The Bertz CT molecular complexity index is 453. The largest absolute Gasteiger partial charge is 0.397 e. The molecule has 104 valence electrons. The summed E-state index contributed by atoms with van der Waals surface area (Å²) in [6, 6.07) is 6.19. The third-order valence-corrected chi connectivity index (χ3v) is 3.93. The molecule has 0 unspecified atom stereocenters. The van der Waals surface area contributed by atoms with Gasteiger partial charge in [0.2, 0.25) is 0 Å². The highest BCUT2D eigenvalue weighted by molar-refractivity contribution is 5.96. The summed E-state index contributed by atoms with van der Waals surface area (Å²) in [5, 5.41) is 2.62. The molecule has 1 fully saturated rings. The van der Waals surface area contributed by atoms with Gasteiger partial charge < -0.3 is 16.0 Å². The maximum Gasteiger partial charge on any atom is 0.251 e. The van der Waals surface area contributed by atoms with Crippen molar-refractivity contribution in [2.45, 2.75) is 38.6 Å². The van der Waals surface area contributed by atoms with Gasteiger partial charge in [-0.05, 0) is 38.0 Å². The van der Waals surface area contributed by atoms with Gasteiger partial charge in [0.15, 0.2) is 0 Å². The number of hydrogen-bond donors (Lipinski definition) is 2. The van der Waals surface area contributed by atoms with Gasteiger partial charge in [-0.3, -0.25) is 4.79 Å². The number of rotatable bonds is 4. The summed E-state index contributed by atoms with van der Waals surface area (Å²) in [6.07, 6.45) is 5.09. The number of amides is 1. The lowest BCUT2D eigenvalue weighted by Gasteiger charge is -2.31. The quantitative estimate of drug-likeness (QED) is 0.818. The van der Waals surface area contributed by atoms with Crippen LogP contribution in [0.15, 0.2) is 18.2 Å². The van der Waals surface area contributed by atoms with E-state index in [9.17, 15) is 4.79 Å². The van der Waals surface area contributed by atoms with E-state index in [1.165, 1.54) is 25.7 Å². The number of nitrogens with one attached hydrogen (secondary N) is 1. The van der Waals surface area contributed by atoms with E-state index < -0.39 is 0 Å². The van der Waals surface area contributed by atoms with Crippen LogP contribution in [-0.4, -0.2) is 25.5 Å². The second-order valence-electron chi connectivity index (χ2n) is 5.08. The molecule has 0 saturated heterocycles. The molecule has 4 heteroatoms. The third-order valence-electron chi connectivity index (χ3n) is 3.93. The average Bonchev–Trinajstić information content (AvgIpc) is 2.94. The predicted molar refractivity (Wildman–Crippen MR) is 79.5 cm³/mol. The summed E-state index contributed by atoms with van der Waals surface area (Å²) in [6.45, 7) is 3.11. The van der Waals surface area contributed by atoms with E-state index >= 15 is 0 Å². The molecule has 19 heavy (non-hydrogen) atoms. The fourth-order valence-corrected chi connectivity index (χ4v) is 2.94. The number of hydrogen-bond acceptors (Lipinski definition) is 3. The molecule has 0 aliphatic heterocycles. The normalized spacial score (nSPS) is 15.5. The Kier molecular flexibility index (Phi) is 4.30. The van der Waals surface area contributed by atoms with Gasteiger partial charge in [0.25, 0.3) is 5.91 Å². The van der Waals surface area contributed by atoms with Gasteiger partial charge in [-0.2, -0.15) is 0 Å². The summed E-state index contributed by atoms with van der Waals surface area (Å²) < 4.78 is 0. The molecule has 1 aliphatic rings. The van der Waals surface area contributed by atoms with Gasteiger partial charge >= 0.3 is 0 Å². The van der Waals surface area contributed by atoms with E-state index in [0.717, 1.165) is 12.2 Å². The number of nitrogens with zero attached hydrogens (tertiary/aromatic N) is 1. The van der Waals surface area contributed by atoms with Gasteiger partial charge in [0, 0.05) is 25.2 Å². The van der Waals surface area contributed by atoms with Crippen molar-refractivity contribution in [3.05, 3.63) is 23.8 Å². The van der Waals surface area contributed by atoms with Gasteiger partial charge in [0.1, 0.15) is 0 Å². The van der Waals surface area contributed by atoms with Gasteiger partial charge in [-0.15, -0.1) is 0 Å². The summed E-state index contributed by atoms with van der Waals surface area (Å²) >= 11 is 0. The highest BCUT2D eigenvalue weighted by atomic mass is 16.1. The van der Waals surface area contributed by atoms with Crippen LogP contribution in [0.2, 0.25) is 0 Å². The number of anilines is 2. The maximum absolute atomic E-state index is 11.6. The van der Waals surface area contributed by atoms with Gasteiger partial charge in [0.05, 0.1) is 11.4 Å². The summed E-state index contributed by atoms with van der Waals surface area (Å²) in [5.74, 6) is -0.0952. The van der Waals surface area contributed by atoms with Gasteiger partial charge in [-0.25, -0.2) is 0 Å². The van der Waals surface area contributed by atoms with Gasteiger partial charge in [-0.1, -0.05) is 12.8 Å². The first kappa shape index (κ1) is 13.7. The minimum Gasteiger partial charge on any atom is -0.397 e. The highest BCUT2D eigenvalue weighted by Gasteiger charge is 2.23. The summed E-state index contributed by atoms with van der Waals surface area (Å²) in [4.78, 5) is 14.0. The fraction of sp³-hybridized carbons (Fsp3) is 0.533. The second kappa shape index (κ2) is 5.95. The smallest absolute Gasteiger partial charge is 0.251 e. The lowest BCUT2D eigenvalue weighted by atomic mass is 10.1. The Labute approximate surface area is 115 Å². The average molecular weight is 261 g/mol. The zero-order valence-corrected chi connectivity index (χ0v) is 11.8. The molecule has 2 rings (SSSR count). The molecule has 1 amide bonds. The van der Waals surface area contributed by atoms with E-state index in [1.54, 1.807) is 13.1 Å². The second-order valence-corrected chi connectivity index (χ2v) is 5.08. The topological polar surface area (TPSA) is 58.4 Å². The first-order valence-corrected chi connectivity index (χ1v) is 7.05. The zero-order valence-electron chi connectivity index (χ0n) is 11.8. The minimum absolute atomic E-state index is 0.0952. The molecule has 1 aromatic rings. The lowest BCUT2D eigenvalue weighted by Crippen LogP contribution is -2.33. The number of nitrogens with two attached hydrogens (primary N) is 1. The van der Waals surface area contributed by atoms with Crippen molar-refractivity contribution in [2.24, 2.45) is 0 Å². The van der Waals surface area contributed by atoms with Crippen molar-refractivity contribution < 1.29 is 4.79 Å². The van der Waals surface area contributed by atoms with Crippen molar-refractivity contribution in [1.29, 1.82) is 0 Å². The van der Waals surface area contributed by atoms with Crippen molar-refractivity contribution >= 4 is 17.3 Å². The van der Waals surface area contributed by atoms with Crippen molar-refractivity contribution in [3.8, 4) is 0 Å². The summed E-state index contributed by atoms with van der Waals surface area (Å²) in [7, 11) is 1.63. The number of nitrogen functional groups attached to an aromatic ring is 1. The minimum atomic E-state index is -0.0952. The van der Waals surface area contributed by atoms with Crippen LogP contribution in [-0.2, 0) is 0 Å². The molecule has 0 heterocycles. The molecular weight excluding hydrogens is 238 g/mol. The van der Waals surface area contributed by atoms with Crippen molar-refractivity contribution in [1.82, 2.24) is 5.32 Å². The molecular formula is C15H23N3O. The molecule has 3 N–H and O–H groups in total. The number of carbonyl (C=O) groups is 1. The Morgan fingerprint density at radius 3 is 2.63 bits per heavy atom. The molecule has 1 aliphatic carbocycles. The zero-order chi connectivity index (χ0) is 13.8. The Balaban J connectivity index is 2.25. The highest BCUT2D eigenvalue weighted by Crippen LogP contribution is 2.32. The molecule has 0 aromatic heterocycles. The van der Waals surface area contributed by atoms with Crippen LogP contribution in [0.3, 0.4) is 0 Å². The maximum atomic E-state index is 11.6. The predicted octanol–water partition coefficient (Wildman–Crippen LogP) is 2.40. The first-order chi connectivity index (χ1) is 9.17. The third kappa shape index (κ3) is 2.83. The standard InChI is InChI=1S/C15H23N3O/c1-3-18(12-6-4-5-7-12)14-9-8-11(10-13(14)16)15(19)17-2/h8-10,12H,3-7,16H2,1-2H3,(H,17,19). The van der Waals surface area contributed by atoms with Crippen LogP contribution < -0.4 is 16.0 Å². The van der Waals surface area contributed by atoms with E-state index in [2.05, 4.69) is 17.1 Å². The van der Waals surface area contributed by atoms with Crippen LogP contribution in [0.4, 0.5) is 11.4 Å².